The van der Waals surface area contributed by atoms with Crippen LogP contribution in [0.15, 0.2) is 89.3 Å². The number of ether oxygens (including phenoxy) is 2. The van der Waals surface area contributed by atoms with Crippen LogP contribution in [0.1, 0.15) is 17.2 Å². The highest BCUT2D eigenvalue weighted by molar-refractivity contribution is 7.91. The maximum atomic E-state index is 12.7. The zero-order chi connectivity index (χ0) is 20.3. The largest absolute Gasteiger partial charge is 0.489 e. The van der Waals surface area contributed by atoms with Crippen molar-refractivity contribution in [3.05, 3.63) is 101 Å². The van der Waals surface area contributed by atoms with Crippen LogP contribution in [0.3, 0.4) is 0 Å². The van der Waals surface area contributed by atoms with Crippen LogP contribution in [-0.4, -0.2) is 21.0 Å². The Morgan fingerprint density at radius 3 is 2.41 bits per heavy atom. The Kier molecular flexibility index (Phi) is 5.72. The number of hydrogen-bond acceptors (Lipinski definition) is 4. The number of halogens is 1. The minimum absolute atomic E-state index is 0.177. The standard InChI is InChI=1S/C23H19ClO4S/c24-19-10-12-20(13-11-19)29(25,26)16-28-23-18(14-17-6-2-1-3-7-17)15-27-22-9-5-4-8-21(22)23/h1-14,23H,15-16H2/b18-14+/t23-/m0/s1. The summed E-state index contributed by atoms with van der Waals surface area (Å²) < 4.78 is 37.3. The van der Waals surface area contributed by atoms with Crippen molar-refractivity contribution in [1.82, 2.24) is 0 Å². The van der Waals surface area contributed by atoms with E-state index in [1.165, 1.54) is 12.1 Å². The molecule has 6 heteroatoms. The molecule has 0 aliphatic carbocycles. The van der Waals surface area contributed by atoms with Gasteiger partial charge in [-0.25, -0.2) is 8.42 Å². The summed E-state index contributed by atoms with van der Waals surface area (Å²) in [5.74, 6) is 0.256. The third kappa shape index (κ3) is 4.53. The molecule has 0 saturated carbocycles. The van der Waals surface area contributed by atoms with Gasteiger partial charge in [-0.15, -0.1) is 0 Å². The summed E-state index contributed by atoms with van der Waals surface area (Å²) in [5.41, 5.74) is 2.67. The summed E-state index contributed by atoms with van der Waals surface area (Å²) in [7, 11) is -3.62. The molecule has 4 nitrogen and oxygen atoms in total. The van der Waals surface area contributed by atoms with Crippen molar-refractivity contribution in [2.75, 3.05) is 12.5 Å². The Labute approximate surface area is 175 Å². The molecule has 0 N–H and O–H groups in total. The topological polar surface area (TPSA) is 52.6 Å². The maximum absolute atomic E-state index is 12.7. The molecule has 0 spiro atoms. The molecule has 1 aliphatic rings. The van der Waals surface area contributed by atoms with Crippen LogP contribution in [-0.2, 0) is 14.6 Å². The van der Waals surface area contributed by atoms with Gasteiger partial charge in [0.2, 0.25) is 9.84 Å². The lowest BCUT2D eigenvalue weighted by Crippen LogP contribution is -2.22. The van der Waals surface area contributed by atoms with Gasteiger partial charge in [-0.05, 0) is 42.0 Å². The lowest BCUT2D eigenvalue weighted by Gasteiger charge is -2.28. The smallest absolute Gasteiger partial charge is 0.202 e. The third-order valence-corrected chi connectivity index (χ3v) is 6.34. The van der Waals surface area contributed by atoms with E-state index in [0.717, 1.165) is 16.7 Å². The second kappa shape index (κ2) is 8.41. The maximum Gasteiger partial charge on any atom is 0.202 e. The second-order valence-electron chi connectivity index (χ2n) is 6.69. The monoisotopic (exact) mass is 426 g/mol. The molecule has 1 heterocycles. The number of para-hydroxylation sites is 1. The van der Waals surface area contributed by atoms with E-state index in [2.05, 4.69) is 0 Å². The van der Waals surface area contributed by atoms with Crippen molar-refractivity contribution in [2.24, 2.45) is 0 Å². The van der Waals surface area contributed by atoms with Crippen molar-refractivity contribution < 1.29 is 17.9 Å². The highest BCUT2D eigenvalue weighted by atomic mass is 35.5. The fourth-order valence-electron chi connectivity index (χ4n) is 3.21. The van der Waals surface area contributed by atoms with E-state index in [1.54, 1.807) is 12.1 Å². The SMILES string of the molecule is O=S(=O)(CO[C@H]1/C(=C/c2ccccc2)COc2ccccc21)c1ccc(Cl)cc1. The van der Waals surface area contributed by atoms with Gasteiger partial charge in [0.15, 0.2) is 5.94 Å². The fraction of sp³-hybridized carbons (Fsp3) is 0.130. The first-order valence-electron chi connectivity index (χ1n) is 9.10. The molecule has 3 aromatic rings. The Morgan fingerprint density at radius 1 is 0.966 bits per heavy atom. The first kappa shape index (κ1) is 19.7. The van der Waals surface area contributed by atoms with Crippen LogP contribution < -0.4 is 4.74 Å². The number of benzene rings is 3. The molecular formula is C23H19ClO4S. The number of hydrogen-bond donors (Lipinski definition) is 0. The van der Waals surface area contributed by atoms with Crippen LogP contribution in [0.4, 0.5) is 0 Å². The molecule has 4 rings (SSSR count). The van der Waals surface area contributed by atoms with Gasteiger partial charge in [0.25, 0.3) is 0 Å². The molecular weight excluding hydrogens is 408 g/mol. The highest BCUT2D eigenvalue weighted by Crippen LogP contribution is 2.38. The first-order chi connectivity index (χ1) is 14.0. The summed E-state index contributed by atoms with van der Waals surface area (Å²) >= 11 is 5.87. The van der Waals surface area contributed by atoms with E-state index in [4.69, 9.17) is 21.1 Å². The van der Waals surface area contributed by atoms with Crippen molar-refractivity contribution in [1.29, 1.82) is 0 Å². The predicted octanol–water partition coefficient (Wildman–Crippen LogP) is 5.31. The van der Waals surface area contributed by atoms with Gasteiger partial charge in [0, 0.05) is 16.2 Å². The minimum atomic E-state index is -3.62. The molecule has 3 aromatic carbocycles. The molecule has 0 amide bonds. The second-order valence-corrected chi connectivity index (χ2v) is 9.06. The van der Waals surface area contributed by atoms with Crippen LogP contribution in [0.5, 0.6) is 5.75 Å². The van der Waals surface area contributed by atoms with E-state index in [-0.39, 0.29) is 4.90 Å². The lowest BCUT2D eigenvalue weighted by atomic mass is 9.96. The van der Waals surface area contributed by atoms with Gasteiger partial charge >= 0.3 is 0 Å². The molecule has 0 bridgehead atoms. The lowest BCUT2D eigenvalue weighted by molar-refractivity contribution is 0.0928. The zero-order valence-electron chi connectivity index (χ0n) is 15.5. The third-order valence-electron chi connectivity index (χ3n) is 4.65. The summed E-state index contributed by atoms with van der Waals surface area (Å²) in [6.07, 6.45) is 1.47. The van der Waals surface area contributed by atoms with Crippen molar-refractivity contribution in [2.45, 2.75) is 11.0 Å². The van der Waals surface area contributed by atoms with Gasteiger partial charge < -0.3 is 9.47 Å². The molecule has 0 saturated heterocycles. The zero-order valence-corrected chi connectivity index (χ0v) is 17.1. The summed E-state index contributed by atoms with van der Waals surface area (Å²) in [6.45, 7) is 0.331. The molecule has 29 heavy (non-hydrogen) atoms. The Hall–Kier alpha value is -2.60. The predicted molar refractivity (Wildman–Crippen MR) is 114 cm³/mol. The average Bonchev–Trinajstić information content (AvgIpc) is 2.74. The Bertz CT molecular complexity index is 1120. The molecule has 1 atom stereocenters. The summed E-state index contributed by atoms with van der Waals surface area (Å²) in [5, 5.41) is 0.483. The molecule has 1 aliphatic heterocycles. The van der Waals surface area contributed by atoms with E-state index >= 15 is 0 Å². The summed E-state index contributed by atoms with van der Waals surface area (Å²) in [4.78, 5) is 0.177. The number of rotatable bonds is 5. The van der Waals surface area contributed by atoms with Crippen molar-refractivity contribution >= 4 is 27.5 Å². The quantitative estimate of drug-likeness (QED) is 0.555. The van der Waals surface area contributed by atoms with Crippen LogP contribution in [0.2, 0.25) is 5.02 Å². The Balaban J connectivity index is 1.64. The van der Waals surface area contributed by atoms with E-state index < -0.39 is 21.9 Å². The van der Waals surface area contributed by atoms with Crippen LogP contribution >= 0.6 is 11.6 Å². The van der Waals surface area contributed by atoms with Crippen molar-refractivity contribution in [3.8, 4) is 5.75 Å². The normalized spacial score (nSPS) is 17.6. The fourth-order valence-corrected chi connectivity index (χ4v) is 4.34. The van der Waals surface area contributed by atoms with E-state index in [9.17, 15) is 8.42 Å². The number of fused-ring (bicyclic) bond motifs is 1. The minimum Gasteiger partial charge on any atom is -0.489 e. The molecule has 0 fully saturated rings. The van der Waals surface area contributed by atoms with Crippen molar-refractivity contribution in [3.63, 3.8) is 0 Å². The Morgan fingerprint density at radius 2 is 1.66 bits per heavy atom. The van der Waals surface area contributed by atoms with Gasteiger partial charge in [-0.1, -0.05) is 60.1 Å². The van der Waals surface area contributed by atoms with Crippen LogP contribution in [0, 0.1) is 0 Å². The average molecular weight is 427 g/mol. The highest BCUT2D eigenvalue weighted by Gasteiger charge is 2.28. The molecule has 0 aromatic heterocycles. The van der Waals surface area contributed by atoms with Gasteiger partial charge in [0.1, 0.15) is 18.5 Å². The summed E-state index contributed by atoms with van der Waals surface area (Å²) in [6, 6.07) is 23.4. The molecule has 148 valence electrons. The van der Waals surface area contributed by atoms with E-state index in [0.29, 0.717) is 17.4 Å². The van der Waals surface area contributed by atoms with E-state index in [1.807, 2.05) is 60.7 Å². The first-order valence-corrected chi connectivity index (χ1v) is 11.1. The molecule has 0 unspecified atom stereocenters. The van der Waals surface area contributed by atoms with Crippen LogP contribution in [0.25, 0.3) is 6.08 Å². The van der Waals surface area contributed by atoms with Gasteiger partial charge in [0.05, 0.1) is 4.90 Å². The number of sulfone groups is 1. The van der Waals surface area contributed by atoms with Gasteiger partial charge in [-0.3, -0.25) is 0 Å². The molecule has 0 radical (unpaired) electrons. The van der Waals surface area contributed by atoms with Gasteiger partial charge in [-0.2, -0.15) is 0 Å².